The number of carbonyl (C=O) groups excluding carboxylic acids is 1. The molecule has 1 aliphatic rings. The van der Waals surface area contributed by atoms with Crippen LogP contribution >= 0.6 is 27.3 Å². The Morgan fingerprint density at radius 2 is 2.20 bits per heavy atom. The van der Waals surface area contributed by atoms with Gasteiger partial charge in [0.25, 0.3) is 5.91 Å². The first kappa shape index (κ1) is 25.1. The maximum absolute atomic E-state index is 13.3. The van der Waals surface area contributed by atoms with Crippen molar-refractivity contribution in [3.63, 3.8) is 0 Å². The molecule has 0 fully saturated rings. The molecule has 0 saturated heterocycles. The maximum atomic E-state index is 13.3. The molecule has 1 aliphatic carbocycles. The standard InChI is InChI=1S/C25H26BrN3O5S/c1-25(2,3)15-6-7-17-20(11-15)35-24(21(17)23(31)27-13-16-5-4-8-34-16)28-12-14-9-18(26)22(30)19(10-14)29(32)33/h4-5,8-10,12,15,30H,6-7,11,13H2,1-3H3,(H,27,31)/t15-/m1/s1. The van der Waals surface area contributed by atoms with Crippen molar-refractivity contribution >= 4 is 50.1 Å². The number of phenols is 1. The molecule has 0 unspecified atom stereocenters. The molecule has 35 heavy (non-hydrogen) atoms. The highest BCUT2D eigenvalue weighted by molar-refractivity contribution is 9.10. The number of phenolic OH excluding ortho intramolecular Hbond substituents is 1. The fourth-order valence-electron chi connectivity index (χ4n) is 4.26. The minimum Gasteiger partial charge on any atom is -0.501 e. The van der Waals surface area contributed by atoms with Crippen molar-refractivity contribution in [3.8, 4) is 5.75 Å². The van der Waals surface area contributed by atoms with E-state index in [0.717, 1.165) is 29.7 Å². The van der Waals surface area contributed by atoms with Crippen LogP contribution in [0.1, 0.15) is 59.3 Å². The lowest BCUT2D eigenvalue weighted by Gasteiger charge is -2.33. The number of nitro benzene ring substituents is 1. The molecule has 2 N–H and O–H groups in total. The predicted octanol–water partition coefficient (Wildman–Crippen LogP) is 6.55. The van der Waals surface area contributed by atoms with Gasteiger partial charge in [-0.25, -0.2) is 4.99 Å². The molecule has 184 valence electrons. The third kappa shape index (κ3) is 5.48. The van der Waals surface area contributed by atoms with Gasteiger partial charge in [0.05, 0.1) is 27.8 Å². The lowest BCUT2D eigenvalue weighted by Crippen LogP contribution is -2.28. The third-order valence-corrected chi connectivity index (χ3v) is 8.06. The van der Waals surface area contributed by atoms with E-state index in [1.807, 2.05) is 0 Å². The molecule has 4 rings (SSSR count). The minimum atomic E-state index is -0.651. The van der Waals surface area contributed by atoms with Crippen molar-refractivity contribution < 1.29 is 19.2 Å². The number of nitrogens with zero attached hydrogens (tertiary/aromatic N) is 2. The highest BCUT2D eigenvalue weighted by Gasteiger charge is 2.33. The number of aliphatic imine (C=N–C) groups is 1. The maximum Gasteiger partial charge on any atom is 0.312 e. The quantitative estimate of drug-likeness (QED) is 0.201. The van der Waals surface area contributed by atoms with E-state index in [1.54, 1.807) is 24.5 Å². The number of carbonyl (C=O) groups is 1. The summed E-state index contributed by atoms with van der Waals surface area (Å²) < 4.78 is 5.53. The van der Waals surface area contributed by atoms with Gasteiger partial charge in [0.1, 0.15) is 10.8 Å². The molecule has 0 aliphatic heterocycles. The average molecular weight is 560 g/mol. The summed E-state index contributed by atoms with van der Waals surface area (Å²) in [4.78, 5) is 29.7. The number of halogens is 1. The number of hydrogen-bond donors (Lipinski definition) is 2. The molecule has 0 bridgehead atoms. The number of benzene rings is 1. The fraction of sp³-hybridized carbons (Fsp3) is 0.360. The number of fused-ring (bicyclic) bond motifs is 1. The lowest BCUT2D eigenvalue weighted by molar-refractivity contribution is -0.386. The Labute approximate surface area is 215 Å². The summed E-state index contributed by atoms with van der Waals surface area (Å²) in [6.07, 6.45) is 5.72. The molecule has 3 aromatic rings. The zero-order valence-corrected chi connectivity index (χ0v) is 22.0. The van der Waals surface area contributed by atoms with Crippen molar-refractivity contribution in [2.24, 2.45) is 16.3 Å². The summed E-state index contributed by atoms with van der Waals surface area (Å²) >= 11 is 4.65. The Morgan fingerprint density at radius 3 is 2.86 bits per heavy atom. The molecule has 1 amide bonds. The van der Waals surface area contributed by atoms with E-state index in [0.29, 0.717) is 27.8 Å². The molecule has 0 saturated carbocycles. The van der Waals surface area contributed by atoms with Crippen LogP contribution in [0.25, 0.3) is 0 Å². The Hall–Kier alpha value is -2.98. The SMILES string of the molecule is CC(C)(C)[C@@H]1CCc2c(sc(N=Cc3cc(Br)c(O)c([N+](=O)[O-])c3)c2C(=O)NCc2ccco2)C1. The van der Waals surface area contributed by atoms with E-state index in [-0.39, 0.29) is 22.3 Å². The van der Waals surface area contributed by atoms with Gasteiger partial charge in [-0.05, 0) is 70.3 Å². The summed E-state index contributed by atoms with van der Waals surface area (Å²) in [5, 5.41) is 24.7. The average Bonchev–Trinajstić information content (AvgIpc) is 3.44. The molecular weight excluding hydrogens is 534 g/mol. The van der Waals surface area contributed by atoms with Gasteiger partial charge in [0, 0.05) is 22.7 Å². The molecule has 2 heterocycles. The molecule has 1 aromatic carbocycles. The molecule has 10 heteroatoms. The first-order valence-corrected chi connectivity index (χ1v) is 12.8. The second kappa shape index (κ2) is 9.94. The van der Waals surface area contributed by atoms with Crippen LogP contribution in [0.15, 0.2) is 44.4 Å². The topological polar surface area (TPSA) is 118 Å². The number of amides is 1. The normalized spacial score (nSPS) is 15.8. The number of nitro groups is 1. The predicted molar refractivity (Wildman–Crippen MR) is 139 cm³/mol. The monoisotopic (exact) mass is 559 g/mol. The van der Waals surface area contributed by atoms with Crippen LogP contribution in [0.2, 0.25) is 0 Å². The molecule has 1 atom stereocenters. The Bertz CT molecular complexity index is 1290. The first-order valence-electron chi connectivity index (χ1n) is 11.2. The number of aromatic hydroxyl groups is 1. The second-order valence-electron chi connectivity index (χ2n) is 9.64. The van der Waals surface area contributed by atoms with Crippen molar-refractivity contribution in [1.29, 1.82) is 0 Å². The Kier molecular flexibility index (Phi) is 7.14. The van der Waals surface area contributed by atoms with Gasteiger partial charge in [0.2, 0.25) is 5.75 Å². The summed E-state index contributed by atoms with van der Waals surface area (Å²) in [5.74, 6) is 0.491. The highest BCUT2D eigenvalue weighted by atomic mass is 79.9. The zero-order chi connectivity index (χ0) is 25.3. The molecule has 0 spiro atoms. The van der Waals surface area contributed by atoms with E-state index in [9.17, 15) is 20.0 Å². The van der Waals surface area contributed by atoms with Crippen LogP contribution in [-0.4, -0.2) is 22.2 Å². The van der Waals surface area contributed by atoms with Crippen molar-refractivity contribution in [2.45, 2.75) is 46.6 Å². The third-order valence-electron chi connectivity index (χ3n) is 6.29. The van der Waals surface area contributed by atoms with Crippen LogP contribution in [0, 0.1) is 21.4 Å². The van der Waals surface area contributed by atoms with Gasteiger partial charge in [-0.3, -0.25) is 14.9 Å². The first-order chi connectivity index (χ1) is 16.5. The molecular formula is C25H26BrN3O5S. The minimum absolute atomic E-state index is 0.157. The number of furan rings is 1. The van der Waals surface area contributed by atoms with Crippen LogP contribution in [-0.2, 0) is 19.4 Å². The van der Waals surface area contributed by atoms with Crippen molar-refractivity contribution in [1.82, 2.24) is 5.32 Å². The van der Waals surface area contributed by atoms with Gasteiger partial charge < -0.3 is 14.8 Å². The van der Waals surface area contributed by atoms with E-state index < -0.39 is 16.4 Å². The van der Waals surface area contributed by atoms with Gasteiger partial charge in [-0.2, -0.15) is 0 Å². The highest BCUT2D eigenvalue weighted by Crippen LogP contribution is 2.45. The largest absolute Gasteiger partial charge is 0.501 e. The molecule has 2 aromatic heterocycles. The van der Waals surface area contributed by atoms with Gasteiger partial charge >= 0.3 is 5.69 Å². The number of thiophene rings is 1. The summed E-state index contributed by atoms with van der Waals surface area (Å²) in [6, 6.07) is 6.37. The summed E-state index contributed by atoms with van der Waals surface area (Å²) in [5.41, 5.74) is 1.74. The van der Waals surface area contributed by atoms with Crippen molar-refractivity contribution in [3.05, 3.63) is 72.4 Å². The van der Waals surface area contributed by atoms with Crippen LogP contribution < -0.4 is 5.32 Å². The van der Waals surface area contributed by atoms with Gasteiger partial charge in [-0.1, -0.05) is 20.8 Å². The van der Waals surface area contributed by atoms with E-state index >= 15 is 0 Å². The van der Waals surface area contributed by atoms with Crippen LogP contribution in [0.4, 0.5) is 10.7 Å². The van der Waals surface area contributed by atoms with Crippen LogP contribution in [0.3, 0.4) is 0 Å². The smallest absolute Gasteiger partial charge is 0.312 e. The fourth-order valence-corrected chi connectivity index (χ4v) is 5.99. The Balaban J connectivity index is 1.69. The number of rotatable bonds is 6. The van der Waals surface area contributed by atoms with Crippen molar-refractivity contribution in [2.75, 3.05) is 0 Å². The zero-order valence-electron chi connectivity index (χ0n) is 19.6. The van der Waals surface area contributed by atoms with Gasteiger partial charge in [0.15, 0.2) is 0 Å². The second-order valence-corrected chi connectivity index (χ2v) is 11.6. The number of nitrogens with one attached hydrogen (secondary N) is 1. The van der Waals surface area contributed by atoms with E-state index in [4.69, 9.17) is 4.42 Å². The lowest BCUT2D eigenvalue weighted by atomic mass is 9.72. The van der Waals surface area contributed by atoms with E-state index in [1.165, 1.54) is 23.6 Å². The number of hydrogen-bond acceptors (Lipinski definition) is 7. The Morgan fingerprint density at radius 1 is 1.43 bits per heavy atom. The summed E-state index contributed by atoms with van der Waals surface area (Å²) in [6.45, 7) is 6.98. The van der Waals surface area contributed by atoms with Crippen LogP contribution in [0.5, 0.6) is 5.75 Å². The van der Waals surface area contributed by atoms with Gasteiger partial charge in [-0.15, -0.1) is 11.3 Å². The summed E-state index contributed by atoms with van der Waals surface area (Å²) in [7, 11) is 0. The van der Waals surface area contributed by atoms with E-state index in [2.05, 4.69) is 47.0 Å². The molecule has 0 radical (unpaired) electrons. The molecule has 8 nitrogen and oxygen atoms in total.